The molecular formula is C15H20O8. The molecule has 0 heterocycles. The van der Waals surface area contributed by atoms with Crippen LogP contribution in [-0.4, -0.2) is 50.3 Å². The molecule has 8 heteroatoms. The molecule has 0 aromatic heterocycles. The van der Waals surface area contributed by atoms with E-state index in [2.05, 4.69) is 0 Å². The minimum absolute atomic E-state index is 0.433. The summed E-state index contributed by atoms with van der Waals surface area (Å²) in [7, 11) is 3.56. The van der Waals surface area contributed by atoms with E-state index in [1.807, 2.05) is 0 Å². The van der Waals surface area contributed by atoms with Crippen molar-refractivity contribution in [1.29, 1.82) is 0 Å². The summed E-state index contributed by atoms with van der Waals surface area (Å²) < 4.78 is 14.3. The fourth-order valence-corrected chi connectivity index (χ4v) is 4.32. The SMILES string of the molecule is COC(=O)C1C2CCC(C1C(=O)O)C(C(=O)OC)C2C(=O)OC. The average Bonchev–Trinajstić information content (AvgIpc) is 2.58. The number of rotatable bonds is 4. The molecular weight excluding hydrogens is 308 g/mol. The maximum Gasteiger partial charge on any atom is 0.309 e. The second kappa shape index (κ2) is 6.55. The Hall–Kier alpha value is -2.12. The van der Waals surface area contributed by atoms with Crippen molar-refractivity contribution in [2.24, 2.45) is 35.5 Å². The van der Waals surface area contributed by atoms with Gasteiger partial charge in [0.15, 0.2) is 0 Å². The van der Waals surface area contributed by atoms with Crippen LogP contribution in [0.4, 0.5) is 0 Å². The molecule has 0 aromatic carbocycles. The fourth-order valence-electron chi connectivity index (χ4n) is 4.32. The quantitative estimate of drug-likeness (QED) is 0.570. The van der Waals surface area contributed by atoms with E-state index in [9.17, 15) is 24.3 Å². The number of carboxylic acid groups (broad SMARTS) is 1. The number of esters is 3. The van der Waals surface area contributed by atoms with Gasteiger partial charge in [0.05, 0.1) is 45.0 Å². The Bertz CT molecular complexity index is 528. The van der Waals surface area contributed by atoms with Gasteiger partial charge in [-0.3, -0.25) is 19.2 Å². The fraction of sp³-hybridized carbons (Fsp3) is 0.733. The van der Waals surface area contributed by atoms with Crippen molar-refractivity contribution < 1.29 is 38.5 Å². The number of hydrogen-bond donors (Lipinski definition) is 1. The van der Waals surface area contributed by atoms with Crippen LogP contribution in [0.2, 0.25) is 0 Å². The number of aliphatic carboxylic acids is 1. The second-order valence-electron chi connectivity index (χ2n) is 5.92. The Morgan fingerprint density at radius 2 is 1.00 bits per heavy atom. The third-order valence-corrected chi connectivity index (χ3v) is 5.16. The number of methoxy groups -OCH3 is 3. The molecule has 0 aliphatic heterocycles. The summed E-state index contributed by atoms with van der Waals surface area (Å²) in [4.78, 5) is 48.2. The molecule has 0 radical (unpaired) electrons. The van der Waals surface area contributed by atoms with Crippen LogP contribution >= 0.6 is 0 Å². The normalized spacial score (nSPS) is 35.3. The average molecular weight is 328 g/mol. The molecule has 3 rings (SSSR count). The molecule has 3 fully saturated rings. The first-order valence-electron chi connectivity index (χ1n) is 7.35. The van der Waals surface area contributed by atoms with Crippen LogP contribution in [0.3, 0.4) is 0 Å². The third-order valence-electron chi connectivity index (χ3n) is 5.16. The maximum atomic E-state index is 12.2. The minimum Gasteiger partial charge on any atom is -0.481 e. The molecule has 23 heavy (non-hydrogen) atoms. The number of carbonyl (C=O) groups is 4. The van der Waals surface area contributed by atoms with Gasteiger partial charge >= 0.3 is 23.9 Å². The predicted octanol–water partition coefficient (Wildman–Crippen LogP) is 0.0946. The Kier molecular flexibility index (Phi) is 4.91. The standard InChI is InChI=1S/C15H20O8/c1-21-13(18)9-7-5-4-6(8(9)12(16)17)10(14(19)22-2)11(7)15(20)23-3/h6-11H,4-5H2,1-3H3,(H,16,17). The summed E-state index contributed by atoms with van der Waals surface area (Å²) in [6, 6.07) is 0. The van der Waals surface area contributed by atoms with Crippen molar-refractivity contribution in [3.05, 3.63) is 0 Å². The van der Waals surface area contributed by atoms with Crippen molar-refractivity contribution in [2.75, 3.05) is 21.3 Å². The zero-order valence-corrected chi connectivity index (χ0v) is 13.2. The van der Waals surface area contributed by atoms with Crippen LogP contribution in [0.1, 0.15) is 12.8 Å². The summed E-state index contributed by atoms with van der Waals surface area (Å²) in [5, 5.41) is 9.55. The lowest BCUT2D eigenvalue weighted by Gasteiger charge is -2.51. The van der Waals surface area contributed by atoms with Gasteiger partial charge in [-0.25, -0.2) is 0 Å². The largest absolute Gasteiger partial charge is 0.481 e. The van der Waals surface area contributed by atoms with E-state index < -0.39 is 59.4 Å². The first-order chi connectivity index (χ1) is 10.9. The van der Waals surface area contributed by atoms with Crippen molar-refractivity contribution in [2.45, 2.75) is 12.8 Å². The summed E-state index contributed by atoms with van der Waals surface area (Å²) in [6.07, 6.45) is 0.893. The molecule has 3 aliphatic carbocycles. The van der Waals surface area contributed by atoms with E-state index in [-0.39, 0.29) is 0 Å². The number of carboxylic acids is 1. The first-order valence-corrected chi connectivity index (χ1v) is 7.35. The Labute approximate surface area is 133 Å². The van der Waals surface area contributed by atoms with Crippen molar-refractivity contribution >= 4 is 23.9 Å². The van der Waals surface area contributed by atoms with Crippen LogP contribution in [0.25, 0.3) is 0 Å². The summed E-state index contributed by atoms with van der Waals surface area (Å²) in [6.45, 7) is 0. The van der Waals surface area contributed by atoms with Gasteiger partial charge in [0, 0.05) is 0 Å². The summed E-state index contributed by atoms with van der Waals surface area (Å²) >= 11 is 0. The lowest BCUT2D eigenvalue weighted by molar-refractivity contribution is -0.192. The molecule has 6 unspecified atom stereocenters. The van der Waals surface area contributed by atoms with Gasteiger partial charge in [0.1, 0.15) is 0 Å². The highest BCUT2D eigenvalue weighted by Crippen LogP contribution is 2.55. The zero-order chi connectivity index (χ0) is 17.3. The van der Waals surface area contributed by atoms with Crippen molar-refractivity contribution in [3.8, 4) is 0 Å². The van der Waals surface area contributed by atoms with Crippen LogP contribution in [-0.2, 0) is 33.4 Å². The Morgan fingerprint density at radius 3 is 1.30 bits per heavy atom. The smallest absolute Gasteiger partial charge is 0.309 e. The van der Waals surface area contributed by atoms with E-state index in [4.69, 9.17) is 14.2 Å². The molecule has 0 amide bonds. The monoisotopic (exact) mass is 328 g/mol. The van der Waals surface area contributed by atoms with Gasteiger partial charge < -0.3 is 19.3 Å². The predicted molar refractivity (Wildman–Crippen MR) is 73.9 cm³/mol. The number of fused-ring (bicyclic) bond motifs is 3. The molecule has 128 valence electrons. The second-order valence-corrected chi connectivity index (χ2v) is 5.92. The van der Waals surface area contributed by atoms with E-state index >= 15 is 0 Å². The molecule has 0 aromatic rings. The Balaban J connectivity index is 2.52. The topological polar surface area (TPSA) is 116 Å². The molecule has 3 aliphatic rings. The van der Waals surface area contributed by atoms with Crippen LogP contribution in [0.15, 0.2) is 0 Å². The van der Waals surface area contributed by atoms with Gasteiger partial charge in [0.2, 0.25) is 0 Å². The third kappa shape index (κ3) is 2.66. The summed E-state index contributed by atoms with van der Waals surface area (Å²) in [5.74, 6) is -8.29. The first kappa shape index (κ1) is 17.2. The van der Waals surface area contributed by atoms with E-state index in [1.165, 1.54) is 21.3 Å². The highest BCUT2D eigenvalue weighted by Gasteiger charge is 2.63. The van der Waals surface area contributed by atoms with Gasteiger partial charge in [-0.2, -0.15) is 0 Å². The molecule has 0 spiro atoms. The maximum absolute atomic E-state index is 12.2. The van der Waals surface area contributed by atoms with Crippen LogP contribution in [0.5, 0.6) is 0 Å². The molecule has 1 N–H and O–H groups in total. The number of hydrogen-bond acceptors (Lipinski definition) is 7. The number of carbonyl (C=O) groups excluding carboxylic acids is 3. The van der Waals surface area contributed by atoms with Crippen molar-refractivity contribution in [3.63, 3.8) is 0 Å². The highest BCUT2D eigenvalue weighted by molar-refractivity contribution is 5.88. The summed E-state index contributed by atoms with van der Waals surface area (Å²) in [5.41, 5.74) is 0. The number of ether oxygens (including phenoxy) is 3. The Morgan fingerprint density at radius 1 is 0.696 bits per heavy atom. The molecule has 2 bridgehead atoms. The highest BCUT2D eigenvalue weighted by atomic mass is 16.5. The van der Waals surface area contributed by atoms with E-state index in [0.29, 0.717) is 12.8 Å². The molecule has 8 nitrogen and oxygen atoms in total. The van der Waals surface area contributed by atoms with Crippen molar-refractivity contribution in [1.82, 2.24) is 0 Å². The van der Waals surface area contributed by atoms with Gasteiger partial charge in [-0.05, 0) is 24.7 Å². The molecule has 6 atom stereocenters. The van der Waals surface area contributed by atoms with Gasteiger partial charge in [-0.1, -0.05) is 0 Å². The lowest BCUT2D eigenvalue weighted by Crippen LogP contribution is -2.59. The van der Waals surface area contributed by atoms with Crippen LogP contribution < -0.4 is 0 Å². The zero-order valence-electron chi connectivity index (χ0n) is 13.2. The molecule has 3 saturated carbocycles. The minimum atomic E-state index is -1.17. The molecule has 0 saturated heterocycles. The van der Waals surface area contributed by atoms with E-state index in [0.717, 1.165) is 0 Å². The lowest BCUT2D eigenvalue weighted by atomic mass is 9.50. The van der Waals surface area contributed by atoms with Crippen LogP contribution in [0, 0.1) is 35.5 Å². The van der Waals surface area contributed by atoms with Gasteiger partial charge in [0.25, 0.3) is 0 Å². The van der Waals surface area contributed by atoms with Gasteiger partial charge in [-0.15, -0.1) is 0 Å². The van der Waals surface area contributed by atoms with E-state index in [1.54, 1.807) is 0 Å².